The molecule has 4 nitrogen and oxygen atoms in total. The van der Waals surface area contributed by atoms with Gasteiger partial charge in [-0.05, 0) is 48.5 Å². The van der Waals surface area contributed by atoms with Crippen LogP contribution in [0, 0.1) is 0 Å². The Kier molecular flexibility index (Phi) is 5.13. The molecule has 0 bridgehead atoms. The molecule has 0 spiro atoms. The highest BCUT2D eigenvalue weighted by Crippen LogP contribution is 2.18. The van der Waals surface area contributed by atoms with Crippen LogP contribution < -0.4 is 9.47 Å². The first-order valence-corrected chi connectivity index (χ1v) is 8.10. The number of ketones is 2. The Balaban J connectivity index is 1.78. The van der Waals surface area contributed by atoms with E-state index < -0.39 is 0 Å². The van der Waals surface area contributed by atoms with Crippen molar-refractivity contribution in [3.8, 4) is 11.5 Å². The van der Waals surface area contributed by atoms with Gasteiger partial charge in [0.25, 0.3) is 0 Å². The van der Waals surface area contributed by atoms with Crippen molar-refractivity contribution >= 4 is 11.6 Å². The summed E-state index contributed by atoms with van der Waals surface area (Å²) in [7, 11) is 3.16. The first-order valence-electron chi connectivity index (χ1n) is 8.10. The number of hydrogen-bond acceptors (Lipinski definition) is 4. The Hall–Kier alpha value is -3.40. The standard InChI is InChI=1S/C22H18O4/c1-25-19-11-7-17(8-12-19)21(23)15-3-5-16(6-4-15)22(24)18-9-13-20(26-2)14-10-18/h3-14H,1-2H3. The molecule has 3 aromatic carbocycles. The summed E-state index contributed by atoms with van der Waals surface area (Å²) < 4.78 is 10.2. The lowest BCUT2D eigenvalue weighted by molar-refractivity contribution is 0.102. The Morgan fingerprint density at radius 2 is 0.731 bits per heavy atom. The number of carbonyl (C=O) groups is 2. The van der Waals surface area contributed by atoms with Crippen LogP contribution in [0.4, 0.5) is 0 Å². The van der Waals surface area contributed by atoms with Crippen molar-refractivity contribution in [1.29, 1.82) is 0 Å². The van der Waals surface area contributed by atoms with Crippen LogP contribution in [0.25, 0.3) is 0 Å². The van der Waals surface area contributed by atoms with E-state index in [9.17, 15) is 9.59 Å². The molecule has 0 aromatic heterocycles. The molecule has 0 unspecified atom stereocenters. The monoisotopic (exact) mass is 346 g/mol. The summed E-state index contributed by atoms with van der Waals surface area (Å²) in [4.78, 5) is 25.1. The third-order valence-corrected chi connectivity index (χ3v) is 4.11. The molecule has 0 atom stereocenters. The van der Waals surface area contributed by atoms with Crippen molar-refractivity contribution in [2.75, 3.05) is 14.2 Å². The van der Waals surface area contributed by atoms with Gasteiger partial charge in [0, 0.05) is 22.3 Å². The van der Waals surface area contributed by atoms with Gasteiger partial charge in [0.1, 0.15) is 11.5 Å². The van der Waals surface area contributed by atoms with E-state index in [-0.39, 0.29) is 11.6 Å². The van der Waals surface area contributed by atoms with Gasteiger partial charge in [-0.3, -0.25) is 9.59 Å². The quantitative estimate of drug-likeness (QED) is 0.629. The fraction of sp³-hybridized carbons (Fsp3) is 0.0909. The summed E-state index contributed by atoms with van der Waals surface area (Å²) in [6.45, 7) is 0. The number of hydrogen-bond donors (Lipinski definition) is 0. The molecule has 0 heterocycles. The van der Waals surface area contributed by atoms with Crippen LogP contribution in [0.3, 0.4) is 0 Å². The van der Waals surface area contributed by atoms with Gasteiger partial charge in [0.2, 0.25) is 0 Å². The summed E-state index contributed by atoms with van der Waals surface area (Å²) in [5.41, 5.74) is 2.20. The second-order valence-electron chi connectivity index (χ2n) is 5.69. The fourth-order valence-corrected chi connectivity index (χ4v) is 2.59. The van der Waals surface area contributed by atoms with Gasteiger partial charge in [-0.25, -0.2) is 0 Å². The smallest absolute Gasteiger partial charge is 0.193 e. The van der Waals surface area contributed by atoms with Crippen LogP contribution >= 0.6 is 0 Å². The van der Waals surface area contributed by atoms with Crippen LogP contribution in [-0.2, 0) is 0 Å². The molecular weight excluding hydrogens is 328 g/mol. The van der Waals surface area contributed by atoms with Crippen molar-refractivity contribution < 1.29 is 19.1 Å². The fourth-order valence-electron chi connectivity index (χ4n) is 2.59. The summed E-state index contributed by atoms with van der Waals surface area (Å²) in [5.74, 6) is 1.19. The molecule has 0 saturated heterocycles. The summed E-state index contributed by atoms with van der Waals surface area (Å²) in [5, 5.41) is 0. The number of methoxy groups -OCH3 is 2. The van der Waals surface area contributed by atoms with E-state index in [1.807, 2.05) is 0 Å². The highest BCUT2D eigenvalue weighted by molar-refractivity contribution is 6.11. The number of carbonyl (C=O) groups excluding carboxylic acids is 2. The van der Waals surface area contributed by atoms with Crippen LogP contribution in [0.15, 0.2) is 72.8 Å². The Bertz CT molecular complexity index is 829. The molecule has 26 heavy (non-hydrogen) atoms. The zero-order chi connectivity index (χ0) is 18.5. The molecule has 0 saturated carbocycles. The summed E-state index contributed by atoms with van der Waals surface area (Å²) in [6.07, 6.45) is 0. The predicted octanol–water partition coefficient (Wildman–Crippen LogP) is 4.17. The predicted molar refractivity (Wildman–Crippen MR) is 99.3 cm³/mol. The largest absolute Gasteiger partial charge is 0.497 e. The van der Waals surface area contributed by atoms with Crippen molar-refractivity contribution in [2.45, 2.75) is 0 Å². The molecule has 0 fully saturated rings. The minimum absolute atomic E-state index is 0.101. The van der Waals surface area contributed by atoms with Crippen LogP contribution in [0.1, 0.15) is 31.8 Å². The molecule has 0 N–H and O–H groups in total. The van der Waals surface area contributed by atoms with Crippen LogP contribution in [0.2, 0.25) is 0 Å². The Labute approximate surface area is 152 Å². The van der Waals surface area contributed by atoms with Crippen LogP contribution in [0.5, 0.6) is 11.5 Å². The van der Waals surface area contributed by atoms with Gasteiger partial charge in [0.15, 0.2) is 11.6 Å². The Morgan fingerprint density at radius 1 is 0.500 bits per heavy atom. The van der Waals surface area contributed by atoms with Crippen molar-refractivity contribution in [1.82, 2.24) is 0 Å². The van der Waals surface area contributed by atoms with Crippen molar-refractivity contribution in [3.63, 3.8) is 0 Å². The normalized spacial score (nSPS) is 10.2. The van der Waals surface area contributed by atoms with E-state index in [4.69, 9.17) is 9.47 Å². The van der Waals surface area contributed by atoms with Gasteiger partial charge in [0.05, 0.1) is 14.2 Å². The van der Waals surface area contributed by atoms with E-state index in [1.165, 1.54) is 0 Å². The van der Waals surface area contributed by atoms with Gasteiger partial charge >= 0.3 is 0 Å². The van der Waals surface area contributed by atoms with Crippen molar-refractivity contribution in [3.05, 3.63) is 95.1 Å². The third-order valence-electron chi connectivity index (χ3n) is 4.11. The zero-order valence-electron chi connectivity index (χ0n) is 14.6. The van der Waals surface area contributed by atoms with E-state index in [1.54, 1.807) is 87.0 Å². The van der Waals surface area contributed by atoms with Gasteiger partial charge in [-0.1, -0.05) is 24.3 Å². The molecule has 3 aromatic rings. The third kappa shape index (κ3) is 3.64. The lowest BCUT2D eigenvalue weighted by atomic mass is 9.98. The topological polar surface area (TPSA) is 52.6 Å². The SMILES string of the molecule is COc1ccc(C(=O)c2ccc(C(=O)c3ccc(OC)cc3)cc2)cc1. The molecule has 0 aliphatic carbocycles. The average Bonchev–Trinajstić information content (AvgIpc) is 2.73. The molecule has 0 amide bonds. The summed E-state index contributed by atoms with van der Waals surface area (Å²) in [6, 6.07) is 20.5. The van der Waals surface area contributed by atoms with Crippen LogP contribution in [-0.4, -0.2) is 25.8 Å². The van der Waals surface area contributed by atoms with Gasteiger partial charge in [-0.15, -0.1) is 0 Å². The molecule has 130 valence electrons. The van der Waals surface area contributed by atoms with Crippen molar-refractivity contribution in [2.24, 2.45) is 0 Å². The van der Waals surface area contributed by atoms with Gasteiger partial charge < -0.3 is 9.47 Å². The first kappa shape index (κ1) is 17.4. The zero-order valence-corrected chi connectivity index (χ0v) is 14.6. The number of rotatable bonds is 6. The molecule has 0 aliphatic rings. The minimum atomic E-state index is -0.101. The summed E-state index contributed by atoms with van der Waals surface area (Å²) >= 11 is 0. The highest BCUT2D eigenvalue weighted by Gasteiger charge is 2.12. The second-order valence-corrected chi connectivity index (χ2v) is 5.69. The van der Waals surface area contributed by atoms with E-state index in [2.05, 4.69) is 0 Å². The lowest BCUT2D eigenvalue weighted by Gasteiger charge is -2.06. The van der Waals surface area contributed by atoms with E-state index in [0.717, 1.165) is 0 Å². The van der Waals surface area contributed by atoms with E-state index in [0.29, 0.717) is 33.8 Å². The van der Waals surface area contributed by atoms with E-state index >= 15 is 0 Å². The highest BCUT2D eigenvalue weighted by atomic mass is 16.5. The number of ether oxygens (including phenoxy) is 2. The molecule has 4 heteroatoms. The lowest BCUT2D eigenvalue weighted by Crippen LogP contribution is -2.04. The number of benzene rings is 3. The maximum atomic E-state index is 12.5. The molecule has 0 aliphatic heterocycles. The second kappa shape index (κ2) is 7.66. The molecule has 3 rings (SSSR count). The maximum Gasteiger partial charge on any atom is 0.193 e. The first-order chi connectivity index (χ1) is 12.6. The Morgan fingerprint density at radius 3 is 0.962 bits per heavy atom. The molecular formula is C22H18O4. The minimum Gasteiger partial charge on any atom is -0.497 e. The molecule has 0 radical (unpaired) electrons. The van der Waals surface area contributed by atoms with Gasteiger partial charge in [-0.2, -0.15) is 0 Å². The maximum absolute atomic E-state index is 12.5. The average molecular weight is 346 g/mol.